The summed E-state index contributed by atoms with van der Waals surface area (Å²) in [6.45, 7) is 5.75. The second-order valence-electron chi connectivity index (χ2n) is 6.43. The molecular weight excluding hydrogens is 322 g/mol. The summed E-state index contributed by atoms with van der Waals surface area (Å²) in [5.74, 6) is 0.568. The molecule has 0 aliphatic heterocycles. The van der Waals surface area contributed by atoms with E-state index in [9.17, 15) is 4.79 Å². The Labute approximate surface area is 154 Å². The highest BCUT2D eigenvalue weighted by molar-refractivity contribution is 5.98. The topological polar surface area (TPSA) is 38.3 Å². The summed E-state index contributed by atoms with van der Waals surface area (Å²) in [5, 5.41) is 3.00. The third-order valence-electron chi connectivity index (χ3n) is 4.29. The molecule has 0 saturated heterocycles. The van der Waals surface area contributed by atoms with Gasteiger partial charge in [-0.2, -0.15) is 0 Å². The second-order valence-corrected chi connectivity index (χ2v) is 6.43. The van der Waals surface area contributed by atoms with Gasteiger partial charge in [0, 0.05) is 11.3 Å². The Hall–Kier alpha value is -3.07. The van der Waals surface area contributed by atoms with Crippen molar-refractivity contribution in [2.24, 2.45) is 0 Å². The molecule has 1 unspecified atom stereocenters. The third kappa shape index (κ3) is 4.12. The molecule has 0 aliphatic rings. The summed E-state index contributed by atoms with van der Waals surface area (Å²) in [7, 11) is 0. The lowest BCUT2D eigenvalue weighted by Gasteiger charge is -2.18. The van der Waals surface area contributed by atoms with Crippen LogP contribution < -0.4 is 10.1 Å². The lowest BCUT2D eigenvalue weighted by molar-refractivity contribution is -0.122. The van der Waals surface area contributed by atoms with Gasteiger partial charge in [-0.05, 0) is 49.6 Å². The van der Waals surface area contributed by atoms with Gasteiger partial charge in [0.2, 0.25) is 0 Å². The van der Waals surface area contributed by atoms with Gasteiger partial charge in [-0.3, -0.25) is 4.79 Å². The first-order valence-electron chi connectivity index (χ1n) is 8.74. The maximum atomic E-state index is 12.7. The van der Waals surface area contributed by atoms with E-state index in [1.807, 2.05) is 86.6 Å². The first kappa shape index (κ1) is 17.7. The number of rotatable bonds is 5. The molecule has 0 aromatic heterocycles. The number of carbonyl (C=O) groups is 1. The van der Waals surface area contributed by atoms with Crippen LogP contribution in [-0.4, -0.2) is 12.0 Å². The highest BCUT2D eigenvalue weighted by atomic mass is 16.5. The molecule has 3 aromatic rings. The highest BCUT2D eigenvalue weighted by Crippen LogP contribution is 2.28. The van der Waals surface area contributed by atoms with E-state index in [1.165, 1.54) is 0 Å². The summed E-state index contributed by atoms with van der Waals surface area (Å²) in [4.78, 5) is 12.7. The van der Waals surface area contributed by atoms with Crippen LogP contribution in [0.15, 0.2) is 72.8 Å². The number of amides is 1. The smallest absolute Gasteiger partial charge is 0.265 e. The fourth-order valence-corrected chi connectivity index (χ4v) is 2.77. The number of ether oxygens (including phenoxy) is 1. The van der Waals surface area contributed by atoms with Crippen molar-refractivity contribution in [2.45, 2.75) is 26.9 Å². The van der Waals surface area contributed by atoms with Crippen molar-refractivity contribution in [3.8, 4) is 16.9 Å². The van der Waals surface area contributed by atoms with E-state index < -0.39 is 6.10 Å². The Morgan fingerprint density at radius 3 is 2.38 bits per heavy atom. The Balaban J connectivity index is 1.77. The first-order chi connectivity index (χ1) is 12.5. The van der Waals surface area contributed by atoms with E-state index in [0.29, 0.717) is 0 Å². The average Bonchev–Trinajstić information content (AvgIpc) is 2.66. The van der Waals surface area contributed by atoms with Crippen LogP contribution >= 0.6 is 0 Å². The van der Waals surface area contributed by atoms with Crippen LogP contribution in [0.2, 0.25) is 0 Å². The normalized spacial score (nSPS) is 11.7. The van der Waals surface area contributed by atoms with E-state index in [-0.39, 0.29) is 5.91 Å². The Bertz CT molecular complexity index is 903. The molecule has 1 amide bonds. The molecule has 0 aliphatic carbocycles. The maximum Gasteiger partial charge on any atom is 0.265 e. The molecule has 0 spiro atoms. The zero-order valence-corrected chi connectivity index (χ0v) is 15.3. The number of nitrogens with one attached hydrogen (secondary N) is 1. The van der Waals surface area contributed by atoms with Gasteiger partial charge in [0.15, 0.2) is 6.10 Å². The maximum absolute atomic E-state index is 12.7. The molecule has 1 N–H and O–H groups in total. The first-order valence-corrected chi connectivity index (χ1v) is 8.74. The molecule has 26 heavy (non-hydrogen) atoms. The number of para-hydroxylation sites is 1. The predicted octanol–water partition coefficient (Wildman–Crippen LogP) is 5.38. The van der Waals surface area contributed by atoms with Crippen LogP contribution in [0.5, 0.6) is 5.75 Å². The number of hydrogen-bond acceptors (Lipinski definition) is 2. The monoisotopic (exact) mass is 345 g/mol. The van der Waals surface area contributed by atoms with Crippen LogP contribution in [0, 0.1) is 13.8 Å². The van der Waals surface area contributed by atoms with Gasteiger partial charge < -0.3 is 10.1 Å². The van der Waals surface area contributed by atoms with Gasteiger partial charge in [0.25, 0.3) is 5.91 Å². The number of aryl methyl sites for hydroxylation is 2. The molecule has 132 valence electrons. The largest absolute Gasteiger partial charge is 0.481 e. The van der Waals surface area contributed by atoms with E-state index in [1.54, 1.807) is 6.92 Å². The summed E-state index contributed by atoms with van der Waals surface area (Å²) >= 11 is 0. The standard InChI is InChI=1S/C23H23NO2/c1-16-13-14-17(2)22(15-16)26-18(3)23(25)24-21-12-8-7-11-20(21)19-9-5-4-6-10-19/h4-15,18H,1-3H3,(H,24,25). The molecule has 3 aromatic carbocycles. The van der Waals surface area contributed by atoms with Crippen LogP contribution in [0.3, 0.4) is 0 Å². The Morgan fingerprint density at radius 2 is 1.62 bits per heavy atom. The third-order valence-corrected chi connectivity index (χ3v) is 4.29. The highest BCUT2D eigenvalue weighted by Gasteiger charge is 2.17. The van der Waals surface area contributed by atoms with Crippen molar-refractivity contribution >= 4 is 11.6 Å². The number of anilines is 1. The van der Waals surface area contributed by atoms with Crippen LogP contribution in [-0.2, 0) is 4.79 Å². The van der Waals surface area contributed by atoms with Crippen molar-refractivity contribution in [1.82, 2.24) is 0 Å². The van der Waals surface area contributed by atoms with Crippen molar-refractivity contribution < 1.29 is 9.53 Å². The number of hydrogen-bond donors (Lipinski definition) is 1. The van der Waals surface area contributed by atoms with Gasteiger partial charge >= 0.3 is 0 Å². The summed E-state index contributed by atoms with van der Waals surface area (Å²) in [6.07, 6.45) is -0.598. The Morgan fingerprint density at radius 1 is 0.923 bits per heavy atom. The molecule has 0 bridgehead atoms. The molecule has 0 saturated carbocycles. The minimum Gasteiger partial charge on any atom is -0.481 e. The van der Waals surface area contributed by atoms with E-state index in [4.69, 9.17) is 4.74 Å². The molecule has 3 heteroatoms. The minimum atomic E-state index is -0.598. The second kappa shape index (κ2) is 7.87. The predicted molar refractivity (Wildman–Crippen MR) is 107 cm³/mol. The summed E-state index contributed by atoms with van der Waals surface area (Å²) in [6, 6.07) is 23.8. The van der Waals surface area contributed by atoms with Gasteiger partial charge in [-0.15, -0.1) is 0 Å². The van der Waals surface area contributed by atoms with Crippen molar-refractivity contribution in [3.05, 3.63) is 83.9 Å². The number of benzene rings is 3. The molecule has 1 atom stereocenters. The van der Waals surface area contributed by atoms with Gasteiger partial charge in [0.1, 0.15) is 5.75 Å². The van der Waals surface area contributed by atoms with Crippen molar-refractivity contribution in [3.63, 3.8) is 0 Å². The van der Waals surface area contributed by atoms with Crippen molar-refractivity contribution in [2.75, 3.05) is 5.32 Å². The zero-order valence-electron chi connectivity index (χ0n) is 15.3. The molecule has 0 heterocycles. The van der Waals surface area contributed by atoms with Gasteiger partial charge in [0.05, 0.1) is 0 Å². The van der Waals surface area contributed by atoms with E-state index >= 15 is 0 Å². The lowest BCUT2D eigenvalue weighted by Crippen LogP contribution is -2.30. The van der Waals surface area contributed by atoms with Crippen LogP contribution in [0.4, 0.5) is 5.69 Å². The van der Waals surface area contributed by atoms with Crippen molar-refractivity contribution in [1.29, 1.82) is 0 Å². The van der Waals surface area contributed by atoms with Gasteiger partial charge in [-0.1, -0.05) is 60.7 Å². The van der Waals surface area contributed by atoms with Crippen LogP contribution in [0.25, 0.3) is 11.1 Å². The minimum absolute atomic E-state index is 0.172. The van der Waals surface area contributed by atoms with Gasteiger partial charge in [-0.25, -0.2) is 0 Å². The summed E-state index contributed by atoms with van der Waals surface area (Å²) in [5.41, 5.74) is 4.94. The average molecular weight is 345 g/mol. The number of carbonyl (C=O) groups excluding carboxylic acids is 1. The molecule has 3 rings (SSSR count). The quantitative estimate of drug-likeness (QED) is 0.674. The SMILES string of the molecule is Cc1ccc(C)c(OC(C)C(=O)Nc2ccccc2-c2ccccc2)c1. The lowest BCUT2D eigenvalue weighted by atomic mass is 10.0. The fraction of sp³-hybridized carbons (Fsp3) is 0.174. The molecule has 0 fully saturated rings. The van der Waals surface area contributed by atoms with Crippen LogP contribution in [0.1, 0.15) is 18.1 Å². The molecule has 0 radical (unpaired) electrons. The Kier molecular flexibility index (Phi) is 5.37. The fourth-order valence-electron chi connectivity index (χ4n) is 2.77. The molecular formula is C23H23NO2. The zero-order chi connectivity index (χ0) is 18.5. The summed E-state index contributed by atoms with van der Waals surface area (Å²) < 4.78 is 5.89. The van der Waals surface area contributed by atoms with E-state index in [2.05, 4.69) is 5.32 Å². The molecule has 3 nitrogen and oxygen atoms in total. The van der Waals surface area contributed by atoms with E-state index in [0.717, 1.165) is 33.7 Å².